The summed E-state index contributed by atoms with van der Waals surface area (Å²) in [5.74, 6) is 0. The van der Waals surface area contributed by atoms with Gasteiger partial charge in [-0.05, 0) is 60.1 Å². The van der Waals surface area contributed by atoms with Crippen molar-refractivity contribution in [3.8, 4) is 0 Å². The zero-order valence-electron chi connectivity index (χ0n) is 21.2. The molecule has 172 valence electrons. The van der Waals surface area contributed by atoms with Crippen LogP contribution in [0.2, 0.25) is 0 Å². The summed E-state index contributed by atoms with van der Waals surface area (Å²) in [6.45, 7) is 13.4. The number of aryl methyl sites for hydroxylation is 1. The van der Waals surface area contributed by atoms with Crippen LogP contribution in [0.15, 0.2) is 84.5 Å². The predicted molar refractivity (Wildman–Crippen MR) is 144 cm³/mol. The first-order valence-corrected chi connectivity index (χ1v) is 12.8. The molecule has 1 nitrogen and oxygen atoms in total. The van der Waals surface area contributed by atoms with Gasteiger partial charge in [0.05, 0.1) is 12.1 Å². The van der Waals surface area contributed by atoms with Crippen LogP contribution < -0.4 is 0 Å². The maximum Gasteiger partial charge on any atom is 0.0571 e. The first-order valence-electron chi connectivity index (χ1n) is 12.8. The molecule has 0 radical (unpaired) electrons. The summed E-state index contributed by atoms with van der Waals surface area (Å²) in [6.07, 6.45) is 15.5. The Kier molecular flexibility index (Phi) is 6.79. The molecular weight excluding hydrogens is 398 g/mol. The van der Waals surface area contributed by atoms with Crippen molar-refractivity contribution < 1.29 is 0 Å². The first kappa shape index (κ1) is 23.4. The van der Waals surface area contributed by atoms with Gasteiger partial charge in [-0.3, -0.25) is 0 Å². The molecule has 3 aliphatic rings. The van der Waals surface area contributed by atoms with E-state index < -0.39 is 0 Å². The van der Waals surface area contributed by atoms with Crippen LogP contribution in [0.4, 0.5) is 0 Å². The molecule has 0 saturated carbocycles. The van der Waals surface area contributed by atoms with Crippen molar-refractivity contribution in [3.63, 3.8) is 0 Å². The Morgan fingerprint density at radius 2 is 1.79 bits per heavy atom. The molecule has 0 bridgehead atoms. The second-order valence-electron chi connectivity index (χ2n) is 9.67. The Hall–Kier alpha value is -2.80. The molecule has 2 atom stereocenters. The van der Waals surface area contributed by atoms with Crippen LogP contribution >= 0.6 is 0 Å². The summed E-state index contributed by atoms with van der Waals surface area (Å²) in [4.78, 5) is 2.76. The molecule has 1 heteroatoms. The minimum absolute atomic E-state index is 0.0425. The van der Waals surface area contributed by atoms with E-state index in [9.17, 15) is 0 Å². The molecule has 2 unspecified atom stereocenters. The second kappa shape index (κ2) is 9.59. The molecular formula is C32H39N. The summed E-state index contributed by atoms with van der Waals surface area (Å²) in [5.41, 5.74) is 9.92. The summed E-state index contributed by atoms with van der Waals surface area (Å²) in [6, 6.07) is 18.6. The van der Waals surface area contributed by atoms with Gasteiger partial charge in [-0.25, -0.2) is 0 Å². The van der Waals surface area contributed by atoms with Gasteiger partial charge in [-0.2, -0.15) is 0 Å². The van der Waals surface area contributed by atoms with E-state index in [0.29, 0.717) is 12.1 Å². The maximum atomic E-state index is 2.76. The number of rotatable bonds is 3. The van der Waals surface area contributed by atoms with E-state index in [4.69, 9.17) is 0 Å². The van der Waals surface area contributed by atoms with E-state index in [2.05, 4.69) is 112 Å². The van der Waals surface area contributed by atoms with Gasteiger partial charge in [0.15, 0.2) is 0 Å². The highest BCUT2D eigenvalue weighted by atomic mass is 15.2. The lowest BCUT2D eigenvalue weighted by molar-refractivity contribution is 0.187. The third-order valence-corrected chi connectivity index (χ3v) is 7.37. The lowest BCUT2D eigenvalue weighted by Gasteiger charge is -2.54. The molecule has 2 aromatic carbocycles. The fraction of sp³-hybridized carbons (Fsp3) is 0.375. The Morgan fingerprint density at radius 3 is 2.52 bits per heavy atom. The Bertz CT molecular complexity index is 1110. The maximum absolute atomic E-state index is 2.76. The smallest absolute Gasteiger partial charge is 0.0571 e. The number of benzene rings is 2. The molecule has 2 heterocycles. The average Bonchev–Trinajstić information content (AvgIpc) is 2.85. The molecule has 0 saturated heterocycles. The van der Waals surface area contributed by atoms with Gasteiger partial charge in [-0.1, -0.05) is 107 Å². The molecule has 5 rings (SSSR count). The van der Waals surface area contributed by atoms with Gasteiger partial charge < -0.3 is 4.90 Å². The number of allylic oxidation sites excluding steroid dienone is 4. The van der Waals surface area contributed by atoms with Crippen LogP contribution in [0.3, 0.4) is 0 Å². The lowest BCUT2D eigenvalue weighted by atomic mass is 9.67. The van der Waals surface area contributed by atoms with Crippen LogP contribution in [0, 0.1) is 6.92 Å². The normalized spacial score (nSPS) is 22.7. The highest BCUT2D eigenvalue weighted by Gasteiger charge is 2.47. The van der Waals surface area contributed by atoms with Gasteiger partial charge in [0.25, 0.3) is 0 Å². The summed E-state index contributed by atoms with van der Waals surface area (Å²) in [7, 11) is 0. The van der Waals surface area contributed by atoms with Crippen LogP contribution in [-0.2, 0) is 5.41 Å². The molecule has 2 aromatic rings. The monoisotopic (exact) mass is 437 g/mol. The SMILES string of the molecule is CC.CCC=CC1N2C(=CC(c3ccccc3)=C3C=CCCC32)c2c(C)cccc2C1(C)C. The summed E-state index contributed by atoms with van der Waals surface area (Å²) >= 11 is 0. The Morgan fingerprint density at radius 1 is 1.03 bits per heavy atom. The van der Waals surface area contributed by atoms with Gasteiger partial charge in [-0.15, -0.1) is 0 Å². The summed E-state index contributed by atoms with van der Waals surface area (Å²) < 4.78 is 0. The predicted octanol–water partition coefficient (Wildman–Crippen LogP) is 8.48. The van der Waals surface area contributed by atoms with Crippen molar-refractivity contribution in [2.45, 2.75) is 78.3 Å². The van der Waals surface area contributed by atoms with Crippen molar-refractivity contribution >= 4 is 11.3 Å². The number of nitrogens with zero attached hydrogens (tertiary/aromatic N) is 1. The molecule has 33 heavy (non-hydrogen) atoms. The first-order chi connectivity index (χ1) is 16.0. The molecule has 0 N–H and O–H groups in total. The van der Waals surface area contributed by atoms with Crippen molar-refractivity contribution in [1.29, 1.82) is 0 Å². The van der Waals surface area contributed by atoms with E-state index in [-0.39, 0.29) is 5.41 Å². The van der Waals surface area contributed by atoms with Crippen molar-refractivity contribution in [2.75, 3.05) is 0 Å². The largest absolute Gasteiger partial charge is 0.357 e. The Labute approximate surface area is 201 Å². The van der Waals surface area contributed by atoms with E-state index in [0.717, 1.165) is 12.8 Å². The fourth-order valence-corrected chi connectivity index (χ4v) is 5.81. The summed E-state index contributed by atoms with van der Waals surface area (Å²) in [5, 5.41) is 0. The van der Waals surface area contributed by atoms with Gasteiger partial charge in [0, 0.05) is 16.7 Å². The molecule has 2 aliphatic heterocycles. The van der Waals surface area contributed by atoms with Crippen LogP contribution in [0.1, 0.15) is 76.1 Å². The van der Waals surface area contributed by atoms with E-state index in [1.54, 1.807) is 0 Å². The van der Waals surface area contributed by atoms with Crippen LogP contribution in [-0.4, -0.2) is 17.0 Å². The molecule has 0 spiro atoms. The topological polar surface area (TPSA) is 3.24 Å². The van der Waals surface area contributed by atoms with Crippen molar-refractivity contribution in [2.24, 2.45) is 0 Å². The molecule has 0 aromatic heterocycles. The third kappa shape index (κ3) is 3.92. The minimum Gasteiger partial charge on any atom is -0.357 e. The highest BCUT2D eigenvalue weighted by molar-refractivity contribution is 5.91. The number of hydrogen-bond acceptors (Lipinski definition) is 1. The zero-order chi connectivity index (χ0) is 23.6. The van der Waals surface area contributed by atoms with Crippen LogP contribution in [0.5, 0.6) is 0 Å². The standard InChI is InChI=1S/C30H33N.C2H6/c1-5-6-19-28-30(3,4)25-17-12-13-21(2)29(25)27-20-24(22-14-8-7-9-15-22)23-16-10-11-18-26(23)31(27)28;1-2/h6-10,12-17,19-20,26,28H,5,11,18H2,1-4H3;1-2H3. The molecule has 0 fully saturated rings. The third-order valence-electron chi connectivity index (χ3n) is 7.37. The lowest BCUT2D eigenvalue weighted by Crippen LogP contribution is -2.55. The molecule has 1 aliphatic carbocycles. The van der Waals surface area contributed by atoms with Gasteiger partial charge >= 0.3 is 0 Å². The Balaban J connectivity index is 0.00000126. The zero-order valence-corrected chi connectivity index (χ0v) is 21.2. The number of fused-ring (bicyclic) bond motifs is 5. The van der Waals surface area contributed by atoms with Crippen LogP contribution in [0.25, 0.3) is 11.3 Å². The molecule has 0 amide bonds. The quantitative estimate of drug-likeness (QED) is 0.435. The van der Waals surface area contributed by atoms with Crippen molar-refractivity contribution in [1.82, 2.24) is 4.90 Å². The van der Waals surface area contributed by atoms with E-state index in [1.165, 1.54) is 45.5 Å². The highest BCUT2D eigenvalue weighted by Crippen LogP contribution is 2.51. The van der Waals surface area contributed by atoms with Gasteiger partial charge in [0.1, 0.15) is 0 Å². The van der Waals surface area contributed by atoms with E-state index >= 15 is 0 Å². The van der Waals surface area contributed by atoms with E-state index in [1.807, 2.05) is 13.8 Å². The fourth-order valence-electron chi connectivity index (χ4n) is 5.81. The minimum atomic E-state index is 0.0425. The number of hydrogen-bond donors (Lipinski definition) is 0. The van der Waals surface area contributed by atoms with Gasteiger partial charge in [0.2, 0.25) is 0 Å². The van der Waals surface area contributed by atoms with Crippen molar-refractivity contribution in [3.05, 3.63) is 107 Å². The second-order valence-corrected chi connectivity index (χ2v) is 9.67. The average molecular weight is 438 g/mol.